The third kappa shape index (κ3) is 3.88. The van der Waals surface area contributed by atoms with E-state index in [0.717, 1.165) is 44.7 Å². The highest BCUT2D eigenvalue weighted by Crippen LogP contribution is 2.29. The molecule has 0 aliphatic rings. The summed E-state index contributed by atoms with van der Waals surface area (Å²) in [5.74, 6) is 0.606. The SMILES string of the molecule is Cc1nc2ccccc2nc1-c1ccc(COc2nn(C)cc2-c2ccncc2)cc1. The van der Waals surface area contributed by atoms with Crippen LogP contribution in [-0.4, -0.2) is 24.7 Å². The highest BCUT2D eigenvalue weighted by Gasteiger charge is 2.12. The maximum atomic E-state index is 6.05. The fourth-order valence-electron chi connectivity index (χ4n) is 3.58. The van der Waals surface area contributed by atoms with Crippen molar-refractivity contribution in [3.05, 3.63) is 90.5 Å². The molecule has 3 heterocycles. The van der Waals surface area contributed by atoms with Gasteiger partial charge in [-0.3, -0.25) is 9.67 Å². The minimum absolute atomic E-state index is 0.428. The highest BCUT2D eigenvalue weighted by molar-refractivity contribution is 5.78. The summed E-state index contributed by atoms with van der Waals surface area (Å²) < 4.78 is 7.80. The molecule has 0 amide bonds. The van der Waals surface area contributed by atoms with Gasteiger partial charge >= 0.3 is 0 Å². The molecule has 0 radical (unpaired) electrons. The van der Waals surface area contributed by atoms with Gasteiger partial charge in [-0.25, -0.2) is 9.97 Å². The molecule has 0 aliphatic carbocycles. The number of aryl methyl sites for hydroxylation is 2. The van der Waals surface area contributed by atoms with Crippen LogP contribution in [0.2, 0.25) is 0 Å². The number of nitrogens with zero attached hydrogens (tertiary/aromatic N) is 5. The summed E-state index contributed by atoms with van der Waals surface area (Å²) in [5.41, 5.74) is 7.69. The molecule has 5 aromatic rings. The molecule has 0 saturated carbocycles. The molecular formula is C25H21N5O. The van der Waals surface area contributed by atoms with Crippen molar-refractivity contribution in [3.8, 4) is 28.3 Å². The fraction of sp³-hybridized carbons (Fsp3) is 0.120. The van der Waals surface area contributed by atoms with Crippen LogP contribution in [0.3, 0.4) is 0 Å². The quantitative estimate of drug-likeness (QED) is 0.411. The van der Waals surface area contributed by atoms with Gasteiger partial charge in [0, 0.05) is 31.2 Å². The minimum atomic E-state index is 0.428. The Morgan fingerprint density at radius 1 is 0.839 bits per heavy atom. The zero-order valence-corrected chi connectivity index (χ0v) is 17.4. The Balaban J connectivity index is 1.36. The Hall–Kier alpha value is -4.06. The van der Waals surface area contributed by atoms with E-state index in [-0.39, 0.29) is 0 Å². The van der Waals surface area contributed by atoms with Crippen molar-refractivity contribution in [1.29, 1.82) is 0 Å². The van der Waals surface area contributed by atoms with E-state index in [1.807, 2.05) is 56.6 Å². The number of hydrogen-bond donors (Lipinski definition) is 0. The number of para-hydroxylation sites is 2. The Morgan fingerprint density at radius 2 is 1.55 bits per heavy atom. The Kier molecular flexibility index (Phi) is 4.88. The first-order valence-corrected chi connectivity index (χ1v) is 10.1. The number of hydrogen-bond acceptors (Lipinski definition) is 5. The second-order valence-corrected chi connectivity index (χ2v) is 7.39. The number of aromatic nitrogens is 5. The van der Waals surface area contributed by atoms with Crippen molar-refractivity contribution >= 4 is 11.0 Å². The normalized spacial score (nSPS) is 11.0. The van der Waals surface area contributed by atoms with Crippen LogP contribution in [0.1, 0.15) is 11.3 Å². The number of pyridine rings is 1. The van der Waals surface area contributed by atoms with Gasteiger partial charge in [-0.15, -0.1) is 5.10 Å². The Bertz CT molecular complexity index is 1340. The summed E-state index contributed by atoms with van der Waals surface area (Å²) in [5, 5.41) is 4.46. The second kappa shape index (κ2) is 7.99. The number of benzene rings is 2. The van der Waals surface area contributed by atoms with E-state index in [9.17, 15) is 0 Å². The van der Waals surface area contributed by atoms with Crippen LogP contribution in [0, 0.1) is 6.92 Å². The first kappa shape index (κ1) is 18.9. The molecule has 0 fully saturated rings. The predicted molar refractivity (Wildman–Crippen MR) is 120 cm³/mol. The van der Waals surface area contributed by atoms with Crippen LogP contribution < -0.4 is 4.74 Å². The van der Waals surface area contributed by atoms with Crippen LogP contribution in [0.25, 0.3) is 33.4 Å². The number of rotatable bonds is 5. The topological polar surface area (TPSA) is 65.7 Å². The van der Waals surface area contributed by atoms with E-state index < -0.39 is 0 Å². The first-order chi connectivity index (χ1) is 15.2. The van der Waals surface area contributed by atoms with Gasteiger partial charge in [0.1, 0.15) is 6.61 Å². The van der Waals surface area contributed by atoms with Crippen molar-refractivity contribution in [1.82, 2.24) is 24.7 Å². The van der Waals surface area contributed by atoms with Gasteiger partial charge in [0.25, 0.3) is 0 Å². The number of ether oxygens (including phenoxy) is 1. The van der Waals surface area contributed by atoms with E-state index in [4.69, 9.17) is 9.72 Å². The summed E-state index contributed by atoms with van der Waals surface area (Å²) in [7, 11) is 1.89. The lowest BCUT2D eigenvalue weighted by Gasteiger charge is -2.09. The molecule has 152 valence electrons. The van der Waals surface area contributed by atoms with Crippen molar-refractivity contribution in [3.63, 3.8) is 0 Å². The van der Waals surface area contributed by atoms with Gasteiger partial charge in [0.2, 0.25) is 5.88 Å². The zero-order chi connectivity index (χ0) is 21.2. The summed E-state index contributed by atoms with van der Waals surface area (Å²) in [6.45, 7) is 2.42. The van der Waals surface area contributed by atoms with Gasteiger partial charge in [-0.05, 0) is 42.3 Å². The highest BCUT2D eigenvalue weighted by atomic mass is 16.5. The van der Waals surface area contributed by atoms with E-state index in [0.29, 0.717) is 12.5 Å². The third-order valence-electron chi connectivity index (χ3n) is 5.13. The largest absolute Gasteiger partial charge is 0.471 e. The molecule has 0 unspecified atom stereocenters. The molecule has 6 heteroatoms. The van der Waals surface area contributed by atoms with Crippen LogP contribution >= 0.6 is 0 Å². The molecule has 0 saturated heterocycles. The molecule has 31 heavy (non-hydrogen) atoms. The molecule has 0 N–H and O–H groups in total. The summed E-state index contributed by atoms with van der Waals surface area (Å²) in [6, 6.07) is 20.1. The van der Waals surface area contributed by atoms with Gasteiger partial charge in [-0.1, -0.05) is 36.4 Å². The van der Waals surface area contributed by atoms with E-state index in [2.05, 4.69) is 39.3 Å². The third-order valence-corrected chi connectivity index (χ3v) is 5.13. The summed E-state index contributed by atoms with van der Waals surface area (Å²) in [4.78, 5) is 13.6. The molecule has 0 aliphatic heterocycles. The number of fused-ring (bicyclic) bond motifs is 1. The lowest BCUT2D eigenvalue weighted by molar-refractivity contribution is 0.292. The molecule has 0 bridgehead atoms. The average molecular weight is 407 g/mol. The minimum Gasteiger partial charge on any atom is -0.471 e. The maximum absolute atomic E-state index is 6.05. The van der Waals surface area contributed by atoms with Crippen molar-refractivity contribution in [2.24, 2.45) is 7.05 Å². The van der Waals surface area contributed by atoms with Gasteiger partial charge in [0.15, 0.2) is 0 Å². The average Bonchev–Trinajstić information content (AvgIpc) is 3.19. The van der Waals surface area contributed by atoms with Crippen molar-refractivity contribution < 1.29 is 4.74 Å². The first-order valence-electron chi connectivity index (χ1n) is 10.1. The molecular weight excluding hydrogens is 386 g/mol. The van der Waals surface area contributed by atoms with Crippen LogP contribution in [0.5, 0.6) is 5.88 Å². The lowest BCUT2D eigenvalue weighted by Crippen LogP contribution is -1.99. The Morgan fingerprint density at radius 3 is 2.29 bits per heavy atom. The lowest BCUT2D eigenvalue weighted by atomic mass is 10.1. The van der Waals surface area contributed by atoms with E-state index in [1.54, 1.807) is 17.1 Å². The van der Waals surface area contributed by atoms with Crippen LogP contribution in [-0.2, 0) is 13.7 Å². The smallest absolute Gasteiger partial charge is 0.241 e. The zero-order valence-electron chi connectivity index (χ0n) is 17.4. The molecule has 0 spiro atoms. The fourth-order valence-corrected chi connectivity index (χ4v) is 3.58. The summed E-state index contributed by atoms with van der Waals surface area (Å²) >= 11 is 0. The predicted octanol–water partition coefficient (Wildman–Crippen LogP) is 4.98. The van der Waals surface area contributed by atoms with Crippen LogP contribution in [0.4, 0.5) is 0 Å². The monoisotopic (exact) mass is 407 g/mol. The van der Waals surface area contributed by atoms with E-state index in [1.165, 1.54) is 0 Å². The van der Waals surface area contributed by atoms with Crippen LogP contribution in [0.15, 0.2) is 79.3 Å². The van der Waals surface area contributed by atoms with Gasteiger partial charge in [0.05, 0.1) is 28.0 Å². The Labute approximate surface area is 180 Å². The van der Waals surface area contributed by atoms with Gasteiger partial charge < -0.3 is 4.74 Å². The maximum Gasteiger partial charge on any atom is 0.241 e. The molecule has 6 nitrogen and oxygen atoms in total. The molecule has 2 aromatic carbocycles. The van der Waals surface area contributed by atoms with Crippen molar-refractivity contribution in [2.45, 2.75) is 13.5 Å². The van der Waals surface area contributed by atoms with Crippen molar-refractivity contribution in [2.75, 3.05) is 0 Å². The standard InChI is InChI=1S/C25H21N5O/c1-17-24(28-23-6-4-3-5-22(23)27-17)20-9-7-18(8-10-20)16-31-25-21(15-30(2)29-25)19-11-13-26-14-12-19/h3-15H,16H2,1-2H3. The molecule has 0 atom stereocenters. The second-order valence-electron chi connectivity index (χ2n) is 7.39. The molecule has 5 rings (SSSR count). The molecule has 3 aromatic heterocycles. The van der Waals surface area contributed by atoms with E-state index >= 15 is 0 Å². The van der Waals surface area contributed by atoms with Gasteiger partial charge in [-0.2, -0.15) is 0 Å². The summed E-state index contributed by atoms with van der Waals surface area (Å²) in [6.07, 6.45) is 5.49.